The first-order chi connectivity index (χ1) is 7.30. The van der Waals surface area contributed by atoms with Gasteiger partial charge in [-0.15, -0.1) is 0 Å². The third kappa shape index (κ3) is 3.83. The van der Waals surface area contributed by atoms with E-state index in [0.29, 0.717) is 0 Å². The predicted octanol–water partition coefficient (Wildman–Crippen LogP) is 3.64. The van der Waals surface area contributed by atoms with E-state index in [1.807, 2.05) is 45.9 Å². The van der Waals surface area contributed by atoms with E-state index in [1.165, 1.54) is 0 Å². The third-order valence-corrected chi connectivity index (χ3v) is 4.24. The largest absolute Gasteiger partial charge is 0.234 e. The van der Waals surface area contributed by atoms with Gasteiger partial charge < -0.3 is 0 Å². The molecule has 0 bridgehead atoms. The van der Waals surface area contributed by atoms with Crippen molar-refractivity contribution in [2.75, 3.05) is 0 Å². The first-order valence-electron chi connectivity index (χ1n) is 5.03. The minimum Gasteiger partial charge on any atom is -0.234 e. The summed E-state index contributed by atoms with van der Waals surface area (Å²) in [6, 6.07) is 5.92. The second-order valence-electron chi connectivity index (χ2n) is 4.60. The second-order valence-corrected chi connectivity index (χ2v) is 7.39. The number of benzene rings is 1. The van der Waals surface area contributed by atoms with Gasteiger partial charge >= 0.3 is 0 Å². The fraction of sp³-hybridized carbons (Fsp3) is 0.417. The average molecular weight is 302 g/mol. The van der Waals surface area contributed by atoms with Gasteiger partial charge in [0.1, 0.15) is 11.0 Å². The van der Waals surface area contributed by atoms with Crippen molar-refractivity contribution in [2.45, 2.75) is 32.4 Å². The van der Waals surface area contributed by atoms with Crippen LogP contribution < -0.4 is 0 Å². The molecule has 0 fully saturated rings. The Morgan fingerprint density at radius 1 is 1.38 bits per heavy atom. The molecule has 0 N–H and O–H groups in total. The van der Waals surface area contributed by atoms with Crippen molar-refractivity contribution < 1.29 is 4.21 Å². The van der Waals surface area contributed by atoms with Crippen LogP contribution in [0.2, 0.25) is 0 Å². The monoisotopic (exact) mass is 301 g/mol. The van der Waals surface area contributed by atoms with Crippen molar-refractivity contribution in [1.29, 1.82) is 0 Å². The molecule has 0 spiro atoms. The van der Waals surface area contributed by atoms with Crippen LogP contribution in [0.4, 0.5) is 0 Å². The Morgan fingerprint density at radius 3 is 2.50 bits per heavy atom. The molecule has 16 heavy (non-hydrogen) atoms. The lowest BCUT2D eigenvalue weighted by atomic mass is 10.2. The second kappa shape index (κ2) is 5.23. The fourth-order valence-electron chi connectivity index (χ4n) is 1.02. The molecule has 1 aromatic rings. The van der Waals surface area contributed by atoms with Gasteiger partial charge in [0.2, 0.25) is 0 Å². The molecule has 0 heterocycles. The van der Waals surface area contributed by atoms with Crippen molar-refractivity contribution in [3.05, 3.63) is 33.8 Å². The highest BCUT2D eigenvalue weighted by atomic mass is 79.9. The van der Waals surface area contributed by atoms with Crippen LogP contribution in [0.25, 0.3) is 0 Å². The molecule has 0 saturated carbocycles. The predicted molar refractivity (Wildman–Crippen MR) is 74.4 cm³/mol. The van der Waals surface area contributed by atoms with Crippen LogP contribution >= 0.6 is 15.9 Å². The molecule has 1 atom stereocenters. The quantitative estimate of drug-likeness (QED) is 0.767. The minimum atomic E-state index is -1.19. The lowest BCUT2D eigenvalue weighted by Gasteiger charge is -2.12. The SMILES string of the molecule is Cc1cc(/C=N/[S@@](=O)C(C)(C)C)ccc1Br. The summed E-state index contributed by atoms with van der Waals surface area (Å²) >= 11 is 3.44. The molecule has 0 amide bonds. The van der Waals surface area contributed by atoms with E-state index >= 15 is 0 Å². The van der Waals surface area contributed by atoms with Crippen molar-refractivity contribution in [1.82, 2.24) is 0 Å². The summed E-state index contributed by atoms with van der Waals surface area (Å²) in [5.74, 6) is 0. The summed E-state index contributed by atoms with van der Waals surface area (Å²) in [6.45, 7) is 7.75. The number of hydrogen-bond acceptors (Lipinski definition) is 1. The van der Waals surface area contributed by atoms with E-state index in [9.17, 15) is 4.21 Å². The maximum absolute atomic E-state index is 11.7. The van der Waals surface area contributed by atoms with Gasteiger partial charge in [0, 0.05) is 10.7 Å². The topological polar surface area (TPSA) is 29.4 Å². The highest BCUT2D eigenvalue weighted by Gasteiger charge is 2.17. The van der Waals surface area contributed by atoms with E-state index in [1.54, 1.807) is 6.21 Å². The Morgan fingerprint density at radius 2 is 2.00 bits per heavy atom. The summed E-state index contributed by atoms with van der Waals surface area (Å²) in [6.07, 6.45) is 1.67. The fourth-order valence-corrected chi connectivity index (χ4v) is 1.80. The van der Waals surface area contributed by atoms with Crippen LogP contribution in [-0.4, -0.2) is 15.2 Å². The molecule has 0 unspecified atom stereocenters. The van der Waals surface area contributed by atoms with E-state index < -0.39 is 11.0 Å². The molecule has 0 aliphatic rings. The van der Waals surface area contributed by atoms with Gasteiger partial charge in [-0.1, -0.05) is 22.0 Å². The Kier molecular flexibility index (Phi) is 4.44. The zero-order valence-corrected chi connectivity index (χ0v) is 12.4. The van der Waals surface area contributed by atoms with E-state index in [4.69, 9.17) is 0 Å². The first kappa shape index (κ1) is 13.6. The highest BCUT2D eigenvalue weighted by Crippen LogP contribution is 2.17. The molecule has 0 aliphatic heterocycles. The normalized spacial score (nSPS) is 14.3. The summed E-state index contributed by atoms with van der Waals surface area (Å²) < 4.78 is 16.5. The molecule has 0 aromatic heterocycles. The van der Waals surface area contributed by atoms with Gasteiger partial charge in [-0.2, -0.15) is 4.40 Å². The lowest BCUT2D eigenvalue weighted by molar-refractivity contribution is 0.651. The van der Waals surface area contributed by atoms with Crippen LogP contribution in [0.1, 0.15) is 31.9 Å². The van der Waals surface area contributed by atoms with Crippen LogP contribution in [-0.2, 0) is 11.0 Å². The van der Waals surface area contributed by atoms with E-state index in [0.717, 1.165) is 15.6 Å². The van der Waals surface area contributed by atoms with Crippen LogP contribution in [0, 0.1) is 6.92 Å². The number of rotatable bonds is 2. The molecular weight excluding hydrogens is 286 g/mol. The standard InChI is InChI=1S/C12H16BrNOS/c1-9-7-10(5-6-11(9)13)8-14-16(15)12(2,3)4/h5-8H,1-4H3/b14-8+/t16-/m0/s1. The maximum Gasteiger partial charge on any atom is 0.144 e. The molecule has 0 aliphatic carbocycles. The Hall–Kier alpha value is -0.480. The molecule has 4 heteroatoms. The van der Waals surface area contributed by atoms with Crippen LogP contribution in [0.3, 0.4) is 0 Å². The van der Waals surface area contributed by atoms with Crippen molar-refractivity contribution in [3.63, 3.8) is 0 Å². The number of hydrogen-bond donors (Lipinski definition) is 0. The van der Waals surface area contributed by atoms with Gasteiger partial charge in [0.05, 0.1) is 4.75 Å². The Labute approximate surface area is 108 Å². The lowest BCUT2D eigenvalue weighted by Crippen LogP contribution is -2.19. The van der Waals surface area contributed by atoms with Crippen LogP contribution in [0.15, 0.2) is 27.1 Å². The molecule has 0 saturated heterocycles. The molecule has 2 nitrogen and oxygen atoms in total. The van der Waals surface area contributed by atoms with Gasteiger partial charge in [-0.3, -0.25) is 0 Å². The average Bonchev–Trinajstić information content (AvgIpc) is 2.18. The number of halogens is 1. The zero-order valence-electron chi connectivity index (χ0n) is 9.95. The highest BCUT2D eigenvalue weighted by molar-refractivity contribution is 9.10. The minimum absolute atomic E-state index is 0.305. The number of aryl methyl sites for hydroxylation is 1. The maximum atomic E-state index is 11.7. The van der Waals surface area contributed by atoms with Crippen LogP contribution in [0.5, 0.6) is 0 Å². The van der Waals surface area contributed by atoms with Gasteiger partial charge in [0.25, 0.3) is 0 Å². The molecule has 88 valence electrons. The molecule has 0 radical (unpaired) electrons. The first-order valence-corrected chi connectivity index (χ1v) is 6.93. The third-order valence-electron chi connectivity index (χ3n) is 2.00. The van der Waals surface area contributed by atoms with E-state index in [-0.39, 0.29) is 4.75 Å². The zero-order chi connectivity index (χ0) is 12.3. The van der Waals surface area contributed by atoms with Crippen molar-refractivity contribution in [2.24, 2.45) is 4.40 Å². The van der Waals surface area contributed by atoms with E-state index in [2.05, 4.69) is 20.3 Å². The summed E-state index contributed by atoms with van der Waals surface area (Å²) in [5.41, 5.74) is 2.11. The Balaban J connectivity index is 2.85. The van der Waals surface area contributed by atoms with Crippen molar-refractivity contribution >= 4 is 33.1 Å². The Bertz CT molecular complexity index is 435. The smallest absolute Gasteiger partial charge is 0.144 e. The molecule has 1 rings (SSSR count). The van der Waals surface area contributed by atoms with Crippen molar-refractivity contribution in [3.8, 4) is 0 Å². The van der Waals surface area contributed by atoms with Gasteiger partial charge in [-0.05, 0) is 51.0 Å². The van der Waals surface area contributed by atoms with Gasteiger partial charge in [0.15, 0.2) is 0 Å². The summed E-state index contributed by atoms with van der Waals surface area (Å²) in [4.78, 5) is 0. The molecular formula is C12H16BrNOS. The summed E-state index contributed by atoms with van der Waals surface area (Å²) in [5, 5.41) is 0. The summed E-state index contributed by atoms with van der Waals surface area (Å²) in [7, 11) is -1.19. The number of nitrogens with zero attached hydrogens (tertiary/aromatic N) is 1. The van der Waals surface area contributed by atoms with Gasteiger partial charge in [-0.25, -0.2) is 4.21 Å². The molecule has 1 aromatic carbocycles.